The molecule has 0 aliphatic carbocycles. The summed E-state index contributed by atoms with van der Waals surface area (Å²) in [5, 5.41) is 8.51. The van der Waals surface area contributed by atoms with E-state index in [0.29, 0.717) is 18.5 Å². The van der Waals surface area contributed by atoms with E-state index < -0.39 is 0 Å². The molecule has 0 aromatic carbocycles. The normalized spacial score (nSPS) is 25.6. The van der Waals surface area contributed by atoms with E-state index in [2.05, 4.69) is 45.3 Å². The van der Waals surface area contributed by atoms with Crippen LogP contribution in [0.15, 0.2) is 6.33 Å². The van der Waals surface area contributed by atoms with Gasteiger partial charge < -0.3 is 9.47 Å². The van der Waals surface area contributed by atoms with Crippen LogP contribution in [0.3, 0.4) is 0 Å². The summed E-state index contributed by atoms with van der Waals surface area (Å²) in [6, 6.07) is 0.618. The van der Waals surface area contributed by atoms with Crippen molar-refractivity contribution in [3.63, 3.8) is 0 Å². The van der Waals surface area contributed by atoms with E-state index in [1.165, 1.54) is 6.42 Å². The minimum Gasteiger partial charge on any atom is -0.339 e. The summed E-state index contributed by atoms with van der Waals surface area (Å²) >= 11 is 0. The molecule has 6 heteroatoms. The first-order valence-corrected chi connectivity index (χ1v) is 9.47. The number of carbonyl (C=O) groups excluding carboxylic acids is 1. The standard InChI is InChI=1S/C18H31N5O/c1-14(2)11-22-13-19-20-18(22)16-8-6-9-21(16)12-17(24)23-10-5-4-7-15(23)3/h13-16H,4-12H2,1-3H3/t15-,16+/m1/s1. The molecule has 6 nitrogen and oxygen atoms in total. The number of hydrogen-bond acceptors (Lipinski definition) is 4. The molecule has 0 N–H and O–H groups in total. The topological polar surface area (TPSA) is 54.3 Å². The highest BCUT2D eigenvalue weighted by Gasteiger charge is 2.33. The van der Waals surface area contributed by atoms with Gasteiger partial charge in [-0.2, -0.15) is 0 Å². The lowest BCUT2D eigenvalue weighted by Crippen LogP contribution is -2.47. The van der Waals surface area contributed by atoms with Crippen LogP contribution in [0.1, 0.15) is 64.7 Å². The Bertz CT molecular complexity index is 555. The molecular formula is C18H31N5O. The molecule has 0 unspecified atom stereocenters. The second kappa shape index (κ2) is 7.64. The van der Waals surface area contributed by atoms with Crippen molar-refractivity contribution in [2.24, 2.45) is 5.92 Å². The van der Waals surface area contributed by atoms with Crippen molar-refractivity contribution in [2.75, 3.05) is 19.6 Å². The van der Waals surface area contributed by atoms with Crippen molar-refractivity contribution >= 4 is 5.91 Å². The van der Waals surface area contributed by atoms with Gasteiger partial charge in [-0.3, -0.25) is 9.69 Å². The molecule has 0 bridgehead atoms. The minimum atomic E-state index is 0.232. The molecule has 1 amide bonds. The molecule has 1 aromatic rings. The summed E-state index contributed by atoms with van der Waals surface area (Å²) in [5.41, 5.74) is 0. The van der Waals surface area contributed by atoms with Crippen LogP contribution in [0.2, 0.25) is 0 Å². The van der Waals surface area contributed by atoms with Gasteiger partial charge in [-0.15, -0.1) is 10.2 Å². The Morgan fingerprint density at radius 2 is 2.08 bits per heavy atom. The van der Waals surface area contributed by atoms with Gasteiger partial charge in [-0.25, -0.2) is 0 Å². The molecule has 2 fully saturated rings. The van der Waals surface area contributed by atoms with Gasteiger partial charge in [0.25, 0.3) is 0 Å². The van der Waals surface area contributed by atoms with Crippen molar-refractivity contribution in [1.29, 1.82) is 0 Å². The number of carbonyl (C=O) groups is 1. The summed E-state index contributed by atoms with van der Waals surface area (Å²) in [4.78, 5) is 17.2. The van der Waals surface area contributed by atoms with E-state index in [1.807, 2.05) is 6.33 Å². The summed E-state index contributed by atoms with van der Waals surface area (Å²) in [5.74, 6) is 1.87. The zero-order valence-corrected chi connectivity index (χ0v) is 15.3. The van der Waals surface area contributed by atoms with Crippen LogP contribution < -0.4 is 0 Å². The van der Waals surface area contributed by atoms with Crippen molar-refractivity contribution < 1.29 is 4.79 Å². The molecule has 24 heavy (non-hydrogen) atoms. The largest absolute Gasteiger partial charge is 0.339 e. The Morgan fingerprint density at radius 1 is 1.25 bits per heavy atom. The monoisotopic (exact) mass is 333 g/mol. The van der Waals surface area contributed by atoms with Gasteiger partial charge in [0, 0.05) is 19.1 Å². The first kappa shape index (κ1) is 17.4. The molecule has 0 radical (unpaired) electrons. The van der Waals surface area contributed by atoms with E-state index in [-0.39, 0.29) is 11.9 Å². The lowest BCUT2D eigenvalue weighted by Gasteiger charge is -2.35. The van der Waals surface area contributed by atoms with Crippen molar-refractivity contribution in [3.05, 3.63) is 12.2 Å². The van der Waals surface area contributed by atoms with Crippen LogP contribution in [0.4, 0.5) is 0 Å². The first-order valence-electron chi connectivity index (χ1n) is 9.47. The third-order valence-corrected chi connectivity index (χ3v) is 5.33. The number of amides is 1. The molecule has 2 aliphatic rings. The second-order valence-electron chi connectivity index (χ2n) is 7.80. The third-order valence-electron chi connectivity index (χ3n) is 5.33. The van der Waals surface area contributed by atoms with Crippen LogP contribution >= 0.6 is 0 Å². The number of likely N-dealkylation sites (tertiary alicyclic amines) is 2. The summed E-state index contributed by atoms with van der Waals surface area (Å²) in [7, 11) is 0. The number of hydrogen-bond donors (Lipinski definition) is 0. The highest BCUT2D eigenvalue weighted by molar-refractivity contribution is 5.78. The highest BCUT2D eigenvalue weighted by atomic mass is 16.2. The number of aromatic nitrogens is 3. The summed E-state index contributed by atoms with van der Waals surface area (Å²) in [6.45, 7) is 9.94. The van der Waals surface area contributed by atoms with Crippen molar-refractivity contribution in [1.82, 2.24) is 24.6 Å². The Morgan fingerprint density at radius 3 is 2.83 bits per heavy atom. The van der Waals surface area contributed by atoms with Gasteiger partial charge in [0.15, 0.2) is 0 Å². The van der Waals surface area contributed by atoms with E-state index in [1.54, 1.807) is 0 Å². The Balaban J connectivity index is 1.67. The number of piperidine rings is 1. The maximum absolute atomic E-state index is 12.8. The average molecular weight is 333 g/mol. The second-order valence-corrected chi connectivity index (χ2v) is 7.80. The first-order chi connectivity index (χ1) is 11.6. The molecule has 2 aliphatic heterocycles. The molecule has 2 atom stereocenters. The quantitative estimate of drug-likeness (QED) is 0.831. The zero-order chi connectivity index (χ0) is 17.1. The van der Waals surface area contributed by atoms with Gasteiger partial charge in [0.1, 0.15) is 12.2 Å². The lowest BCUT2D eigenvalue weighted by atomic mass is 10.0. The predicted molar refractivity (Wildman–Crippen MR) is 93.4 cm³/mol. The summed E-state index contributed by atoms with van der Waals surface area (Å²) in [6.07, 6.45) is 7.55. The van der Waals surface area contributed by atoms with Crippen LogP contribution in [0.5, 0.6) is 0 Å². The van der Waals surface area contributed by atoms with Crippen molar-refractivity contribution in [2.45, 2.75) is 71.5 Å². The molecule has 134 valence electrons. The molecule has 2 saturated heterocycles. The summed E-state index contributed by atoms with van der Waals surface area (Å²) < 4.78 is 2.17. The molecular weight excluding hydrogens is 302 g/mol. The van der Waals surface area contributed by atoms with Gasteiger partial charge in [-0.1, -0.05) is 13.8 Å². The fraction of sp³-hybridized carbons (Fsp3) is 0.833. The van der Waals surface area contributed by atoms with E-state index in [9.17, 15) is 4.79 Å². The van der Waals surface area contributed by atoms with E-state index in [0.717, 1.165) is 51.1 Å². The smallest absolute Gasteiger partial charge is 0.237 e. The van der Waals surface area contributed by atoms with Crippen LogP contribution in [0.25, 0.3) is 0 Å². The Kier molecular flexibility index (Phi) is 5.54. The zero-order valence-electron chi connectivity index (χ0n) is 15.3. The minimum absolute atomic E-state index is 0.232. The van der Waals surface area contributed by atoms with Crippen LogP contribution in [0, 0.1) is 5.92 Å². The fourth-order valence-corrected chi connectivity index (χ4v) is 4.10. The van der Waals surface area contributed by atoms with Gasteiger partial charge in [-0.05, 0) is 51.5 Å². The van der Waals surface area contributed by atoms with Gasteiger partial charge in [0.2, 0.25) is 5.91 Å². The Labute approximate surface area is 145 Å². The fourth-order valence-electron chi connectivity index (χ4n) is 4.10. The molecule has 1 aromatic heterocycles. The average Bonchev–Trinajstić information content (AvgIpc) is 3.16. The maximum Gasteiger partial charge on any atom is 0.237 e. The number of rotatable bonds is 5. The SMILES string of the molecule is CC(C)Cn1cnnc1[C@@H]1CCCN1CC(=O)N1CCCC[C@H]1C. The van der Waals surface area contributed by atoms with Crippen molar-refractivity contribution in [3.8, 4) is 0 Å². The Hall–Kier alpha value is -1.43. The molecule has 3 heterocycles. The van der Waals surface area contributed by atoms with E-state index in [4.69, 9.17) is 0 Å². The molecule has 3 rings (SSSR count). The molecule has 0 saturated carbocycles. The van der Waals surface area contributed by atoms with Gasteiger partial charge >= 0.3 is 0 Å². The third kappa shape index (κ3) is 3.79. The lowest BCUT2D eigenvalue weighted by molar-refractivity contribution is -0.135. The number of nitrogens with zero attached hydrogens (tertiary/aromatic N) is 5. The van der Waals surface area contributed by atoms with Crippen LogP contribution in [-0.4, -0.2) is 56.1 Å². The van der Waals surface area contributed by atoms with Gasteiger partial charge in [0.05, 0.1) is 12.6 Å². The molecule has 0 spiro atoms. The maximum atomic E-state index is 12.8. The predicted octanol–water partition coefficient (Wildman–Crippen LogP) is 2.47. The van der Waals surface area contributed by atoms with E-state index >= 15 is 0 Å². The highest BCUT2D eigenvalue weighted by Crippen LogP contribution is 2.31. The van der Waals surface area contributed by atoms with Crippen LogP contribution in [-0.2, 0) is 11.3 Å².